The average Bonchev–Trinajstić information content (AvgIpc) is 2.68. The number of aryl methyl sites for hydroxylation is 2. The van der Waals surface area contributed by atoms with Gasteiger partial charge in [-0.2, -0.15) is 0 Å². The summed E-state index contributed by atoms with van der Waals surface area (Å²) in [4.78, 5) is 14.8. The molecule has 0 N–H and O–H groups in total. The Hall–Kier alpha value is -2.34. The van der Waals surface area contributed by atoms with E-state index in [0.717, 1.165) is 30.4 Å². The molecular weight excluding hydrogens is 360 g/mol. The molecule has 27 heavy (non-hydrogen) atoms. The zero-order valence-electron chi connectivity index (χ0n) is 15.9. The van der Waals surface area contributed by atoms with Crippen molar-refractivity contribution in [2.45, 2.75) is 38.0 Å². The Morgan fingerprint density at radius 1 is 1.00 bits per heavy atom. The average molecular weight is 387 g/mol. The Labute approximate surface area is 161 Å². The number of carbonyl (C=O) groups is 1. The molecular formula is C21H26N2O3S. The molecule has 3 rings (SSSR count). The molecule has 0 atom stereocenters. The lowest BCUT2D eigenvalue weighted by molar-refractivity contribution is -0.130. The number of anilines is 1. The SMILES string of the molecule is Cc1ccc(N(CC(=O)N2CCCCC2)S(=O)(=O)c2ccccc2)c(C)c1. The summed E-state index contributed by atoms with van der Waals surface area (Å²) in [5, 5.41) is 0. The summed E-state index contributed by atoms with van der Waals surface area (Å²) in [6.45, 7) is 5.06. The highest BCUT2D eigenvalue weighted by molar-refractivity contribution is 7.92. The maximum atomic E-state index is 13.3. The van der Waals surface area contributed by atoms with Crippen molar-refractivity contribution in [2.75, 3.05) is 23.9 Å². The first-order valence-corrected chi connectivity index (χ1v) is 10.8. The summed E-state index contributed by atoms with van der Waals surface area (Å²) in [6.07, 6.45) is 3.06. The molecule has 0 saturated carbocycles. The van der Waals surface area contributed by atoms with Gasteiger partial charge < -0.3 is 4.90 Å². The van der Waals surface area contributed by atoms with Gasteiger partial charge in [-0.25, -0.2) is 8.42 Å². The molecule has 0 bridgehead atoms. The van der Waals surface area contributed by atoms with Crippen molar-refractivity contribution in [3.8, 4) is 0 Å². The Morgan fingerprint density at radius 2 is 1.67 bits per heavy atom. The summed E-state index contributed by atoms with van der Waals surface area (Å²) in [6, 6.07) is 13.9. The van der Waals surface area contributed by atoms with Crippen molar-refractivity contribution >= 4 is 21.6 Å². The van der Waals surface area contributed by atoms with E-state index in [-0.39, 0.29) is 17.3 Å². The second kappa shape index (κ2) is 8.13. The van der Waals surface area contributed by atoms with Crippen LogP contribution in [0.25, 0.3) is 0 Å². The lowest BCUT2D eigenvalue weighted by Crippen LogP contribution is -2.45. The summed E-state index contributed by atoms with van der Waals surface area (Å²) < 4.78 is 27.9. The van der Waals surface area contributed by atoms with E-state index in [1.807, 2.05) is 26.0 Å². The molecule has 0 radical (unpaired) electrons. The Kier molecular flexibility index (Phi) is 5.85. The van der Waals surface area contributed by atoms with Crippen LogP contribution in [0.5, 0.6) is 0 Å². The second-order valence-corrected chi connectivity index (χ2v) is 8.92. The van der Waals surface area contributed by atoms with Gasteiger partial charge >= 0.3 is 0 Å². The minimum atomic E-state index is -3.84. The Balaban J connectivity index is 1.99. The quantitative estimate of drug-likeness (QED) is 0.790. The van der Waals surface area contributed by atoms with E-state index in [1.165, 1.54) is 4.31 Å². The van der Waals surface area contributed by atoms with Crippen LogP contribution in [0.1, 0.15) is 30.4 Å². The Morgan fingerprint density at radius 3 is 2.30 bits per heavy atom. The molecule has 6 heteroatoms. The third-order valence-electron chi connectivity index (χ3n) is 4.94. The molecule has 1 saturated heterocycles. The van der Waals surface area contributed by atoms with Crippen LogP contribution < -0.4 is 4.31 Å². The molecule has 0 unspecified atom stereocenters. The fraction of sp³-hybridized carbons (Fsp3) is 0.381. The molecule has 1 fully saturated rings. The largest absolute Gasteiger partial charge is 0.341 e. The molecule has 2 aromatic carbocycles. The highest BCUT2D eigenvalue weighted by atomic mass is 32.2. The maximum Gasteiger partial charge on any atom is 0.264 e. The topological polar surface area (TPSA) is 57.7 Å². The number of benzene rings is 2. The lowest BCUT2D eigenvalue weighted by atomic mass is 10.1. The van der Waals surface area contributed by atoms with Gasteiger partial charge in [-0.1, -0.05) is 35.9 Å². The molecule has 2 aromatic rings. The lowest BCUT2D eigenvalue weighted by Gasteiger charge is -2.31. The first kappa shape index (κ1) is 19.4. The van der Waals surface area contributed by atoms with Gasteiger partial charge in [0.1, 0.15) is 6.54 Å². The van der Waals surface area contributed by atoms with E-state index < -0.39 is 10.0 Å². The van der Waals surface area contributed by atoms with Crippen molar-refractivity contribution in [1.82, 2.24) is 4.90 Å². The number of sulfonamides is 1. The third-order valence-corrected chi connectivity index (χ3v) is 6.71. The molecule has 1 aliphatic rings. The van der Waals surface area contributed by atoms with Gasteiger partial charge in [0.15, 0.2) is 0 Å². The van der Waals surface area contributed by atoms with Gasteiger partial charge in [0.05, 0.1) is 10.6 Å². The van der Waals surface area contributed by atoms with E-state index in [2.05, 4.69) is 0 Å². The van der Waals surface area contributed by atoms with Crippen LogP contribution in [0.4, 0.5) is 5.69 Å². The van der Waals surface area contributed by atoms with Gasteiger partial charge in [-0.3, -0.25) is 9.10 Å². The van der Waals surface area contributed by atoms with Crippen LogP contribution >= 0.6 is 0 Å². The number of nitrogens with zero attached hydrogens (tertiary/aromatic N) is 2. The number of piperidine rings is 1. The minimum absolute atomic E-state index is 0.144. The fourth-order valence-electron chi connectivity index (χ4n) is 3.47. The van der Waals surface area contributed by atoms with Crippen LogP contribution in [0.15, 0.2) is 53.4 Å². The van der Waals surface area contributed by atoms with Crippen molar-refractivity contribution in [1.29, 1.82) is 0 Å². The van der Waals surface area contributed by atoms with Crippen molar-refractivity contribution in [2.24, 2.45) is 0 Å². The number of carbonyl (C=O) groups excluding carboxylic acids is 1. The van der Waals surface area contributed by atoms with Gasteiger partial charge in [0.25, 0.3) is 10.0 Å². The Bertz CT molecular complexity index is 904. The summed E-state index contributed by atoms with van der Waals surface area (Å²) in [7, 11) is -3.84. The fourth-order valence-corrected chi connectivity index (χ4v) is 4.97. The minimum Gasteiger partial charge on any atom is -0.341 e. The molecule has 0 aromatic heterocycles. The van der Waals surface area contributed by atoms with E-state index >= 15 is 0 Å². The number of hydrogen-bond donors (Lipinski definition) is 0. The summed E-state index contributed by atoms with van der Waals surface area (Å²) >= 11 is 0. The van der Waals surface area contributed by atoms with E-state index in [9.17, 15) is 13.2 Å². The number of amides is 1. The highest BCUT2D eigenvalue weighted by Crippen LogP contribution is 2.28. The van der Waals surface area contributed by atoms with Crippen LogP contribution in [-0.2, 0) is 14.8 Å². The monoisotopic (exact) mass is 386 g/mol. The third kappa shape index (κ3) is 4.33. The molecule has 0 aliphatic carbocycles. The van der Waals surface area contributed by atoms with E-state index in [0.29, 0.717) is 18.8 Å². The normalized spacial score (nSPS) is 14.8. The van der Waals surface area contributed by atoms with Crippen LogP contribution in [0.2, 0.25) is 0 Å². The first-order chi connectivity index (χ1) is 12.9. The summed E-state index contributed by atoms with van der Waals surface area (Å²) in [5.74, 6) is -0.144. The van der Waals surface area contributed by atoms with Crippen LogP contribution in [0.3, 0.4) is 0 Å². The molecule has 1 heterocycles. The highest BCUT2D eigenvalue weighted by Gasteiger charge is 2.30. The smallest absolute Gasteiger partial charge is 0.264 e. The molecule has 1 aliphatic heterocycles. The van der Waals surface area contributed by atoms with Crippen LogP contribution in [-0.4, -0.2) is 38.9 Å². The maximum absolute atomic E-state index is 13.3. The molecule has 144 valence electrons. The van der Waals surface area contributed by atoms with E-state index in [4.69, 9.17) is 0 Å². The standard InChI is InChI=1S/C21H26N2O3S/c1-17-11-12-20(18(2)15-17)23(16-21(24)22-13-7-4-8-14-22)27(25,26)19-9-5-3-6-10-19/h3,5-6,9-12,15H,4,7-8,13-14,16H2,1-2H3. The predicted molar refractivity (Wildman–Crippen MR) is 107 cm³/mol. The van der Waals surface area contributed by atoms with Crippen molar-refractivity contribution in [3.05, 3.63) is 59.7 Å². The number of likely N-dealkylation sites (tertiary alicyclic amines) is 1. The van der Waals surface area contributed by atoms with Gasteiger partial charge in [-0.05, 0) is 56.9 Å². The van der Waals surface area contributed by atoms with Gasteiger partial charge in [0.2, 0.25) is 5.91 Å². The zero-order chi connectivity index (χ0) is 19.4. The van der Waals surface area contributed by atoms with Gasteiger partial charge in [0, 0.05) is 13.1 Å². The first-order valence-electron chi connectivity index (χ1n) is 9.32. The second-order valence-electron chi connectivity index (χ2n) is 7.06. The summed E-state index contributed by atoms with van der Waals surface area (Å²) in [5.41, 5.74) is 2.44. The zero-order valence-corrected chi connectivity index (χ0v) is 16.7. The number of hydrogen-bond acceptors (Lipinski definition) is 3. The predicted octanol–water partition coefficient (Wildman–Crippen LogP) is 3.51. The van der Waals surface area contributed by atoms with Crippen molar-refractivity contribution in [3.63, 3.8) is 0 Å². The molecule has 1 amide bonds. The molecule has 0 spiro atoms. The van der Waals surface area contributed by atoms with Crippen LogP contribution in [0, 0.1) is 13.8 Å². The van der Waals surface area contributed by atoms with Crippen molar-refractivity contribution < 1.29 is 13.2 Å². The molecule has 5 nitrogen and oxygen atoms in total. The van der Waals surface area contributed by atoms with E-state index in [1.54, 1.807) is 41.3 Å². The number of rotatable bonds is 5. The van der Waals surface area contributed by atoms with Gasteiger partial charge in [-0.15, -0.1) is 0 Å².